The van der Waals surface area contributed by atoms with Crippen LogP contribution in [0.4, 0.5) is 4.39 Å². The Labute approximate surface area is 291 Å². The predicted octanol–water partition coefficient (Wildman–Crippen LogP) is 11.5. The molecule has 0 saturated carbocycles. The van der Waals surface area contributed by atoms with Crippen LogP contribution in [0, 0.1) is 6.92 Å². The number of aryl methyl sites for hydroxylation is 3. The van der Waals surface area contributed by atoms with Crippen molar-refractivity contribution in [1.82, 2.24) is 5.32 Å². The van der Waals surface area contributed by atoms with Crippen molar-refractivity contribution < 1.29 is 14.0 Å². The molecule has 0 heterocycles. The highest BCUT2D eigenvalue weighted by Crippen LogP contribution is 2.28. The normalized spacial score (nSPS) is 11.5. The molecule has 0 saturated heterocycles. The van der Waals surface area contributed by atoms with Gasteiger partial charge in [-0.05, 0) is 124 Å². The van der Waals surface area contributed by atoms with Crippen molar-refractivity contribution in [3.63, 3.8) is 0 Å². The zero-order valence-corrected chi connectivity index (χ0v) is 31.6. The van der Waals surface area contributed by atoms with Crippen LogP contribution < -0.4 is 11.1 Å². The highest BCUT2D eigenvalue weighted by atomic mass is 19.1. The summed E-state index contributed by atoms with van der Waals surface area (Å²) >= 11 is 0. The van der Waals surface area contributed by atoms with E-state index in [4.69, 9.17) is 5.73 Å². The quantitative estimate of drug-likeness (QED) is 0.181. The van der Waals surface area contributed by atoms with Crippen LogP contribution in [0.5, 0.6) is 0 Å². The van der Waals surface area contributed by atoms with Gasteiger partial charge in [-0.2, -0.15) is 0 Å². The molecule has 0 aliphatic rings. The molecule has 0 bridgehead atoms. The van der Waals surface area contributed by atoms with Crippen molar-refractivity contribution >= 4 is 17.4 Å². The summed E-state index contributed by atoms with van der Waals surface area (Å²) in [5.74, 6) is -0.301. The molecule has 0 aliphatic carbocycles. The van der Waals surface area contributed by atoms with E-state index >= 15 is 0 Å². The number of benzene rings is 3. The molecule has 0 unspecified atom stereocenters. The predicted molar refractivity (Wildman–Crippen MR) is 204 cm³/mol. The standard InChI is InChI=1S/C23H37NO.C11H15F.C9H11NO/c1-7-11-17(5)21(10-4)22-16-19(15-14-18(22)6)23(25)24-20(12-8-2)13-9-3;1-4-9-5-7-10(8-6-9)11(2,3)12;1-2-7-3-5-8(6-4-7)9(10)11/h14-16,20H,7-13H2,1-6H3,(H,24,25);5-8H,4H2,1-3H3;3-6H,2H2,1H3,(H2,10,11)/b21-17+;;. The molecule has 3 N–H and O–H groups in total. The van der Waals surface area contributed by atoms with E-state index in [2.05, 4.69) is 72.8 Å². The zero-order chi connectivity index (χ0) is 36.3. The fourth-order valence-corrected chi connectivity index (χ4v) is 5.63. The van der Waals surface area contributed by atoms with E-state index < -0.39 is 5.67 Å². The minimum Gasteiger partial charge on any atom is -0.366 e. The van der Waals surface area contributed by atoms with Gasteiger partial charge in [0.05, 0.1) is 0 Å². The fourth-order valence-electron chi connectivity index (χ4n) is 5.63. The molecule has 0 spiro atoms. The molecule has 3 aromatic carbocycles. The van der Waals surface area contributed by atoms with Crippen molar-refractivity contribution in [2.24, 2.45) is 5.73 Å². The molecule has 0 radical (unpaired) electrons. The summed E-state index contributed by atoms with van der Waals surface area (Å²) in [5.41, 5.74) is 13.8. The fraction of sp³-hybridized carbons (Fsp3) is 0.488. The highest BCUT2D eigenvalue weighted by Gasteiger charge is 2.18. The maximum atomic E-state index is 13.4. The van der Waals surface area contributed by atoms with E-state index in [1.165, 1.54) is 33.4 Å². The maximum absolute atomic E-state index is 13.4. The summed E-state index contributed by atoms with van der Waals surface area (Å²) in [5, 5.41) is 3.24. The van der Waals surface area contributed by atoms with Crippen molar-refractivity contribution in [1.29, 1.82) is 0 Å². The second-order valence-corrected chi connectivity index (χ2v) is 13.1. The van der Waals surface area contributed by atoms with E-state index in [9.17, 15) is 14.0 Å². The van der Waals surface area contributed by atoms with Gasteiger partial charge < -0.3 is 11.1 Å². The Balaban J connectivity index is 0.000000412. The van der Waals surface area contributed by atoms with Gasteiger partial charge in [0.15, 0.2) is 0 Å². The molecule has 0 atom stereocenters. The van der Waals surface area contributed by atoms with Gasteiger partial charge in [0.2, 0.25) is 5.91 Å². The SMILES string of the molecule is CCC/C(C)=C(\CC)c1cc(C(=O)NC(CCC)CCC)ccc1C.CCc1ccc(C(C)(C)F)cc1.CCc1ccc(C(N)=O)cc1. The minimum absolute atomic E-state index is 0.0664. The molecule has 2 amide bonds. The van der Waals surface area contributed by atoms with Gasteiger partial charge >= 0.3 is 0 Å². The van der Waals surface area contributed by atoms with Crippen LogP contribution in [0.3, 0.4) is 0 Å². The Morgan fingerprint density at radius 3 is 1.69 bits per heavy atom. The van der Waals surface area contributed by atoms with Crippen LogP contribution in [-0.2, 0) is 18.5 Å². The molecule has 264 valence electrons. The molecular weight excluding hydrogens is 595 g/mol. The number of hydrogen-bond donors (Lipinski definition) is 2. The third-order valence-electron chi connectivity index (χ3n) is 8.62. The van der Waals surface area contributed by atoms with Crippen molar-refractivity contribution in [3.8, 4) is 0 Å². The number of carbonyl (C=O) groups excluding carboxylic acids is 2. The number of nitrogens with one attached hydrogen (secondary N) is 1. The molecule has 0 aliphatic heterocycles. The lowest BCUT2D eigenvalue weighted by Crippen LogP contribution is -2.34. The number of halogens is 1. The Hall–Kier alpha value is -3.73. The molecule has 4 nitrogen and oxygen atoms in total. The van der Waals surface area contributed by atoms with Gasteiger partial charge in [-0.15, -0.1) is 0 Å². The number of primary amides is 1. The monoisotopic (exact) mass is 658 g/mol. The minimum atomic E-state index is -1.22. The Bertz CT molecular complexity index is 1410. The smallest absolute Gasteiger partial charge is 0.251 e. The summed E-state index contributed by atoms with van der Waals surface area (Å²) in [6.07, 6.45) is 9.57. The Morgan fingerprint density at radius 2 is 1.27 bits per heavy atom. The summed E-state index contributed by atoms with van der Waals surface area (Å²) in [7, 11) is 0. The Kier molecular flexibility index (Phi) is 19.4. The largest absolute Gasteiger partial charge is 0.366 e. The lowest BCUT2D eigenvalue weighted by molar-refractivity contribution is 0.0931. The average Bonchev–Trinajstić information content (AvgIpc) is 3.06. The molecule has 0 fully saturated rings. The lowest BCUT2D eigenvalue weighted by atomic mass is 9.91. The average molecular weight is 659 g/mol. The number of carbonyl (C=O) groups is 2. The van der Waals surface area contributed by atoms with Crippen molar-refractivity contribution in [2.45, 2.75) is 139 Å². The molecule has 0 aromatic heterocycles. The van der Waals surface area contributed by atoms with E-state index in [0.717, 1.165) is 68.9 Å². The first-order valence-corrected chi connectivity index (χ1v) is 18.0. The van der Waals surface area contributed by atoms with Crippen LogP contribution >= 0.6 is 0 Å². The molecule has 5 heteroatoms. The second kappa shape index (κ2) is 22.0. The van der Waals surface area contributed by atoms with E-state index in [-0.39, 0.29) is 17.9 Å². The topological polar surface area (TPSA) is 72.2 Å². The number of amides is 2. The van der Waals surface area contributed by atoms with Gasteiger partial charge in [0.25, 0.3) is 5.91 Å². The van der Waals surface area contributed by atoms with Crippen molar-refractivity contribution in [3.05, 3.63) is 111 Å². The lowest BCUT2D eigenvalue weighted by Gasteiger charge is -2.19. The highest BCUT2D eigenvalue weighted by molar-refractivity contribution is 5.95. The third-order valence-corrected chi connectivity index (χ3v) is 8.62. The first-order chi connectivity index (χ1) is 22.7. The van der Waals surface area contributed by atoms with Gasteiger partial charge in [-0.25, -0.2) is 4.39 Å². The van der Waals surface area contributed by atoms with Crippen LogP contribution in [0.25, 0.3) is 5.57 Å². The van der Waals surface area contributed by atoms with Crippen LogP contribution in [-0.4, -0.2) is 17.9 Å². The van der Waals surface area contributed by atoms with Crippen LogP contribution in [0.2, 0.25) is 0 Å². The van der Waals surface area contributed by atoms with E-state index in [1.807, 2.05) is 42.5 Å². The van der Waals surface area contributed by atoms with Crippen LogP contribution in [0.15, 0.2) is 72.3 Å². The van der Waals surface area contributed by atoms with E-state index in [1.54, 1.807) is 26.0 Å². The summed E-state index contributed by atoms with van der Waals surface area (Å²) in [6.45, 7) is 20.5. The molecule has 48 heavy (non-hydrogen) atoms. The summed E-state index contributed by atoms with van der Waals surface area (Å²) < 4.78 is 13.4. The van der Waals surface area contributed by atoms with Gasteiger partial charge in [0.1, 0.15) is 5.67 Å². The molecule has 3 rings (SSSR count). The second-order valence-electron chi connectivity index (χ2n) is 13.1. The van der Waals surface area contributed by atoms with Gasteiger partial charge in [-0.1, -0.05) is 109 Å². The number of rotatable bonds is 14. The Morgan fingerprint density at radius 1 is 0.771 bits per heavy atom. The number of hydrogen-bond acceptors (Lipinski definition) is 2. The molecule has 3 aromatic rings. The van der Waals surface area contributed by atoms with Gasteiger partial charge in [0, 0.05) is 17.2 Å². The maximum Gasteiger partial charge on any atom is 0.251 e. The number of allylic oxidation sites excluding steroid dienone is 2. The first-order valence-electron chi connectivity index (χ1n) is 18.0. The van der Waals surface area contributed by atoms with Crippen molar-refractivity contribution in [2.75, 3.05) is 0 Å². The van der Waals surface area contributed by atoms with Crippen LogP contribution in [0.1, 0.15) is 156 Å². The molecular formula is C43H63FN2O2. The first kappa shape index (κ1) is 42.3. The summed E-state index contributed by atoms with van der Waals surface area (Å²) in [6, 6.07) is 21.5. The zero-order valence-electron chi connectivity index (χ0n) is 31.6. The van der Waals surface area contributed by atoms with Gasteiger partial charge in [-0.3, -0.25) is 9.59 Å². The third kappa shape index (κ3) is 14.6. The summed E-state index contributed by atoms with van der Waals surface area (Å²) in [4.78, 5) is 23.4. The van der Waals surface area contributed by atoms with E-state index in [0.29, 0.717) is 5.56 Å². The number of nitrogens with two attached hydrogens (primary N) is 1. The number of alkyl halides is 1.